The van der Waals surface area contributed by atoms with E-state index in [4.69, 9.17) is 21.1 Å². The van der Waals surface area contributed by atoms with E-state index in [1.54, 1.807) is 37.3 Å². The van der Waals surface area contributed by atoms with Crippen LogP contribution in [0.25, 0.3) is 0 Å². The Bertz CT molecular complexity index is 1250. The lowest BCUT2D eigenvalue weighted by Gasteiger charge is -2.26. The van der Waals surface area contributed by atoms with Gasteiger partial charge in [-0.2, -0.15) is 0 Å². The van der Waals surface area contributed by atoms with Gasteiger partial charge in [-0.05, 0) is 49.4 Å². The molecule has 0 spiro atoms. The lowest BCUT2D eigenvalue weighted by Crippen LogP contribution is -2.40. The first-order valence-corrected chi connectivity index (χ1v) is 12.3. The van der Waals surface area contributed by atoms with Crippen LogP contribution >= 0.6 is 11.6 Å². The number of sulfonamides is 1. The van der Waals surface area contributed by atoms with Gasteiger partial charge < -0.3 is 14.8 Å². The van der Waals surface area contributed by atoms with Crippen LogP contribution in [0.15, 0.2) is 77.7 Å². The van der Waals surface area contributed by atoms with Gasteiger partial charge in [0.1, 0.15) is 12.7 Å². The van der Waals surface area contributed by atoms with E-state index in [-0.39, 0.29) is 41.3 Å². The SMILES string of the molecule is CCN(c1ccccc1)S(=O)(=O)c1ccc(Cl)c(C(=O)NCC2COc3ccccc3O2)c1. The third-order valence-electron chi connectivity index (χ3n) is 5.16. The number of anilines is 1. The number of hydrogen-bond donors (Lipinski definition) is 1. The van der Waals surface area contributed by atoms with Crippen molar-refractivity contribution >= 4 is 33.2 Å². The normalized spacial score (nSPS) is 15.0. The summed E-state index contributed by atoms with van der Waals surface area (Å²) in [6.07, 6.45) is -0.386. The fraction of sp³-hybridized carbons (Fsp3) is 0.208. The molecule has 0 saturated carbocycles. The average Bonchev–Trinajstić information content (AvgIpc) is 2.83. The monoisotopic (exact) mass is 486 g/mol. The number of amides is 1. The summed E-state index contributed by atoms with van der Waals surface area (Å²) in [5.74, 6) is 0.761. The molecule has 1 N–H and O–H groups in total. The molecule has 7 nitrogen and oxygen atoms in total. The Kier molecular flexibility index (Phi) is 6.76. The van der Waals surface area contributed by atoms with E-state index in [1.165, 1.54) is 22.5 Å². The van der Waals surface area contributed by atoms with Gasteiger partial charge in [0.05, 0.1) is 27.7 Å². The van der Waals surface area contributed by atoms with Crippen LogP contribution in [0.5, 0.6) is 11.5 Å². The summed E-state index contributed by atoms with van der Waals surface area (Å²) in [5, 5.41) is 2.91. The molecule has 0 fully saturated rings. The van der Waals surface area contributed by atoms with Crippen molar-refractivity contribution in [2.45, 2.75) is 17.9 Å². The Labute approximate surface area is 197 Å². The highest BCUT2D eigenvalue weighted by atomic mass is 35.5. The Balaban J connectivity index is 1.50. The van der Waals surface area contributed by atoms with Crippen molar-refractivity contribution in [3.8, 4) is 11.5 Å². The van der Waals surface area contributed by atoms with Gasteiger partial charge in [0.2, 0.25) is 0 Å². The van der Waals surface area contributed by atoms with Gasteiger partial charge in [-0.1, -0.05) is 41.9 Å². The second-order valence-electron chi connectivity index (χ2n) is 7.35. The summed E-state index contributed by atoms with van der Waals surface area (Å²) in [4.78, 5) is 12.8. The van der Waals surface area contributed by atoms with E-state index in [9.17, 15) is 13.2 Å². The quantitative estimate of drug-likeness (QED) is 0.543. The summed E-state index contributed by atoms with van der Waals surface area (Å²) in [7, 11) is -3.90. The van der Waals surface area contributed by atoms with Gasteiger partial charge in [-0.25, -0.2) is 8.42 Å². The molecule has 1 aliphatic rings. The van der Waals surface area contributed by atoms with Crippen LogP contribution in [0.3, 0.4) is 0 Å². The zero-order chi connectivity index (χ0) is 23.4. The largest absolute Gasteiger partial charge is 0.486 e. The Hall–Kier alpha value is -3.23. The van der Waals surface area contributed by atoms with E-state index in [0.717, 1.165) is 0 Å². The van der Waals surface area contributed by atoms with Crippen LogP contribution < -0.4 is 19.1 Å². The molecule has 4 rings (SSSR count). The molecular formula is C24H23ClN2O5S. The smallest absolute Gasteiger partial charge is 0.264 e. The minimum absolute atomic E-state index is 0.0195. The molecule has 1 atom stereocenters. The number of ether oxygens (including phenoxy) is 2. The molecule has 9 heteroatoms. The second-order valence-corrected chi connectivity index (χ2v) is 9.62. The van der Waals surface area contributed by atoms with Gasteiger partial charge in [0.15, 0.2) is 11.5 Å². The van der Waals surface area contributed by atoms with Crippen LogP contribution in [-0.4, -0.2) is 40.1 Å². The fourth-order valence-electron chi connectivity index (χ4n) is 3.52. The minimum atomic E-state index is -3.90. The van der Waals surface area contributed by atoms with Gasteiger partial charge >= 0.3 is 0 Å². The first kappa shape index (κ1) is 22.9. The molecule has 0 saturated heterocycles. The molecular weight excluding hydrogens is 464 g/mol. The summed E-state index contributed by atoms with van der Waals surface area (Å²) in [6, 6.07) is 20.2. The van der Waals surface area contributed by atoms with Crippen LogP contribution in [-0.2, 0) is 10.0 Å². The Morgan fingerprint density at radius 1 is 1.06 bits per heavy atom. The molecule has 0 aliphatic carbocycles. The number of hydrogen-bond acceptors (Lipinski definition) is 5. The maximum absolute atomic E-state index is 13.3. The highest BCUT2D eigenvalue weighted by Gasteiger charge is 2.26. The minimum Gasteiger partial charge on any atom is -0.486 e. The number of fused-ring (bicyclic) bond motifs is 1. The van der Waals surface area contributed by atoms with Crippen LogP contribution in [0, 0.1) is 0 Å². The number of carbonyl (C=O) groups is 1. The van der Waals surface area contributed by atoms with Gasteiger partial charge in [-0.3, -0.25) is 9.10 Å². The lowest BCUT2D eigenvalue weighted by atomic mass is 10.2. The van der Waals surface area contributed by atoms with Crippen molar-refractivity contribution in [2.75, 3.05) is 24.0 Å². The zero-order valence-electron chi connectivity index (χ0n) is 17.9. The van der Waals surface area contributed by atoms with Crippen molar-refractivity contribution in [3.63, 3.8) is 0 Å². The predicted molar refractivity (Wildman–Crippen MR) is 127 cm³/mol. The van der Waals surface area contributed by atoms with Crippen molar-refractivity contribution in [1.29, 1.82) is 0 Å². The number of para-hydroxylation sites is 3. The highest BCUT2D eigenvalue weighted by molar-refractivity contribution is 7.92. The van der Waals surface area contributed by atoms with E-state index < -0.39 is 15.9 Å². The Morgan fingerprint density at radius 2 is 1.76 bits per heavy atom. The standard InChI is InChI=1S/C24H23ClN2O5S/c1-2-27(17-8-4-3-5-9-17)33(29,30)19-12-13-21(25)20(14-19)24(28)26-15-18-16-31-22-10-6-7-11-23(22)32-18/h3-14,18H,2,15-16H2,1H3,(H,26,28). The number of nitrogens with one attached hydrogen (secondary N) is 1. The molecule has 1 heterocycles. The van der Waals surface area contributed by atoms with Crippen molar-refractivity contribution in [3.05, 3.63) is 83.4 Å². The molecule has 1 amide bonds. The number of benzene rings is 3. The molecule has 0 radical (unpaired) electrons. The maximum Gasteiger partial charge on any atom is 0.264 e. The van der Waals surface area contributed by atoms with Gasteiger partial charge in [0, 0.05) is 6.54 Å². The van der Waals surface area contributed by atoms with Crippen LogP contribution in [0.1, 0.15) is 17.3 Å². The van der Waals surface area contributed by atoms with E-state index in [2.05, 4.69) is 5.32 Å². The zero-order valence-corrected chi connectivity index (χ0v) is 19.5. The predicted octanol–water partition coefficient (Wildman–Crippen LogP) is 4.13. The fourth-order valence-corrected chi connectivity index (χ4v) is 5.22. The van der Waals surface area contributed by atoms with E-state index in [1.807, 2.05) is 24.3 Å². The molecule has 1 aliphatic heterocycles. The summed E-state index contributed by atoms with van der Waals surface area (Å²) in [6.45, 7) is 2.43. The number of nitrogens with zero attached hydrogens (tertiary/aromatic N) is 1. The first-order valence-electron chi connectivity index (χ1n) is 10.4. The molecule has 3 aromatic carbocycles. The number of carbonyl (C=O) groups excluding carboxylic acids is 1. The molecule has 0 bridgehead atoms. The third kappa shape index (κ3) is 4.91. The number of halogens is 1. The molecule has 172 valence electrons. The topological polar surface area (TPSA) is 84.9 Å². The molecule has 3 aromatic rings. The van der Waals surface area contributed by atoms with Crippen molar-refractivity contribution in [1.82, 2.24) is 5.32 Å². The van der Waals surface area contributed by atoms with Gasteiger partial charge in [-0.15, -0.1) is 0 Å². The lowest BCUT2D eigenvalue weighted by molar-refractivity contribution is 0.0789. The van der Waals surface area contributed by atoms with Gasteiger partial charge in [0.25, 0.3) is 15.9 Å². The first-order chi connectivity index (χ1) is 15.9. The molecule has 0 aromatic heterocycles. The summed E-state index contributed by atoms with van der Waals surface area (Å²) >= 11 is 6.23. The van der Waals surface area contributed by atoms with Crippen molar-refractivity contribution in [2.24, 2.45) is 0 Å². The highest BCUT2D eigenvalue weighted by Crippen LogP contribution is 2.31. The second kappa shape index (κ2) is 9.72. The van der Waals surface area contributed by atoms with Crippen LogP contribution in [0.4, 0.5) is 5.69 Å². The third-order valence-corrected chi connectivity index (χ3v) is 7.39. The van der Waals surface area contributed by atoms with Crippen LogP contribution in [0.2, 0.25) is 5.02 Å². The summed E-state index contributed by atoms with van der Waals surface area (Å²) < 4.78 is 39.4. The van der Waals surface area contributed by atoms with E-state index in [0.29, 0.717) is 17.2 Å². The summed E-state index contributed by atoms with van der Waals surface area (Å²) in [5.41, 5.74) is 0.606. The number of rotatable bonds is 7. The Morgan fingerprint density at radius 3 is 2.48 bits per heavy atom. The van der Waals surface area contributed by atoms with E-state index >= 15 is 0 Å². The molecule has 1 unspecified atom stereocenters. The average molecular weight is 487 g/mol. The van der Waals surface area contributed by atoms with Crippen molar-refractivity contribution < 1.29 is 22.7 Å². The molecule has 33 heavy (non-hydrogen) atoms. The maximum atomic E-state index is 13.3.